The van der Waals surface area contributed by atoms with Crippen molar-refractivity contribution in [2.75, 3.05) is 32.7 Å². The van der Waals surface area contributed by atoms with E-state index in [0.29, 0.717) is 0 Å². The van der Waals surface area contributed by atoms with Crippen molar-refractivity contribution in [2.45, 2.75) is 32.9 Å². The van der Waals surface area contributed by atoms with Gasteiger partial charge in [-0.2, -0.15) is 0 Å². The Morgan fingerprint density at radius 2 is 1.85 bits per heavy atom. The van der Waals surface area contributed by atoms with Crippen LogP contribution < -0.4 is 0 Å². The molecule has 0 saturated carbocycles. The molecule has 0 bridgehead atoms. The minimum atomic E-state index is -0.520. The predicted octanol–water partition coefficient (Wildman–Crippen LogP) is 1.18. The molecular formula is C10H21N2O. The molecule has 3 heteroatoms. The van der Waals surface area contributed by atoms with Gasteiger partial charge in [0, 0.05) is 26.2 Å². The lowest BCUT2D eigenvalue weighted by Crippen LogP contribution is -2.49. The summed E-state index contributed by atoms with van der Waals surface area (Å²) in [4.78, 5) is 4.48. The van der Waals surface area contributed by atoms with E-state index in [4.69, 9.17) is 0 Å². The van der Waals surface area contributed by atoms with Crippen molar-refractivity contribution in [1.29, 1.82) is 0 Å². The highest BCUT2D eigenvalue weighted by molar-refractivity contribution is 4.71. The van der Waals surface area contributed by atoms with Gasteiger partial charge in [0.15, 0.2) is 0 Å². The Hall–Kier alpha value is -0.120. The maximum Gasteiger partial charge on any atom is 0.143 e. The Morgan fingerprint density at radius 3 is 2.31 bits per heavy atom. The monoisotopic (exact) mass is 185 g/mol. The molecular weight excluding hydrogens is 164 g/mol. The molecule has 0 aromatic carbocycles. The molecule has 1 aliphatic rings. The van der Waals surface area contributed by atoms with Crippen LogP contribution in [0, 0.1) is 0 Å². The molecule has 0 aromatic rings. The summed E-state index contributed by atoms with van der Waals surface area (Å²) >= 11 is 0. The molecule has 0 aromatic heterocycles. The predicted molar refractivity (Wildman–Crippen MR) is 53.1 cm³/mol. The molecule has 1 fully saturated rings. The van der Waals surface area contributed by atoms with E-state index in [2.05, 4.69) is 11.8 Å². The van der Waals surface area contributed by atoms with Gasteiger partial charge in [-0.1, -0.05) is 13.3 Å². The summed E-state index contributed by atoms with van der Waals surface area (Å²) in [6, 6.07) is 0. The Kier molecular flexibility index (Phi) is 4.70. The van der Waals surface area contributed by atoms with E-state index >= 15 is 0 Å². The van der Waals surface area contributed by atoms with Crippen LogP contribution in [0.3, 0.4) is 0 Å². The number of unbranched alkanes of at least 4 members (excludes halogenated alkanes) is 1. The molecule has 0 N–H and O–H groups in total. The first-order valence-electron chi connectivity index (χ1n) is 5.36. The third-order valence-electron chi connectivity index (χ3n) is 2.75. The maximum atomic E-state index is 11.1. The summed E-state index contributed by atoms with van der Waals surface area (Å²) in [7, 11) is 0. The molecule has 13 heavy (non-hydrogen) atoms. The summed E-state index contributed by atoms with van der Waals surface area (Å²) in [5, 5.41) is 11.1. The van der Waals surface area contributed by atoms with E-state index in [0.717, 1.165) is 26.2 Å². The van der Waals surface area contributed by atoms with Crippen LogP contribution in [0.15, 0.2) is 0 Å². The second kappa shape index (κ2) is 5.58. The minimum Gasteiger partial charge on any atom is -0.301 e. The summed E-state index contributed by atoms with van der Waals surface area (Å²) in [6.45, 7) is 9.22. The summed E-state index contributed by atoms with van der Waals surface area (Å²) in [5.41, 5.74) is 0. The zero-order valence-electron chi connectivity index (χ0n) is 8.83. The highest BCUT2D eigenvalue weighted by Gasteiger charge is 2.19. The van der Waals surface area contributed by atoms with Crippen molar-refractivity contribution in [2.24, 2.45) is 0 Å². The molecule has 0 aliphatic carbocycles. The third-order valence-corrected chi connectivity index (χ3v) is 2.75. The fourth-order valence-corrected chi connectivity index (χ4v) is 1.73. The molecule has 1 radical (unpaired) electrons. The summed E-state index contributed by atoms with van der Waals surface area (Å²) < 4.78 is 0. The highest BCUT2D eigenvalue weighted by atomic mass is 16.3. The van der Waals surface area contributed by atoms with Gasteiger partial charge in [-0.3, -0.25) is 4.90 Å². The fourth-order valence-electron chi connectivity index (χ4n) is 1.73. The van der Waals surface area contributed by atoms with Crippen molar-refractivity contribution in [3.63, 3.8) is 0 Å². The zero-order valence-corrected chi connectivity index (χ0v) is 8.83. The van der Waals surface area contributed by atoms with Crippen LogP contribution in [0.4, 0.5) is 0 Å². The number of rotatable bonds is 4. The molecule has 1 saturated heterocycles. The largest absolute Gasteiger partial charge is 0.301 e. The summed E-state index contributed by atoms with van der Waals surface area (Å²) in [5.74, 6) is 0. The summed E-state index contributed by atoms with van der Waals surface area (Å²) in [6.07, 6.45) is 2.03. The second-order valence-electron chi connectivity index (χ2n) is 3.83. The van der Waals surface area contributed by atoms with Gasteiger partial charge in [-0.15, -0.1) is 0 Å². The lowest BCUT2D eigenvalue weighted by Gasteiger charge is -2.35. The van der Waals surface area contributed by atoms with Crippen molar-refractivity contribution < 1.29 is 5.11 Å². The Morgan fingerprint density at radius 1 is 1.23 bits per heavy atom. The number of nitrogens with zero attached hydrogens (tertiary/aromatic N) is 2. The maximum absolute atomic E-state index is 11.1. The molecule has 1 aliphatic heterocycles. The van der Waals surface area contributed by atoms with Gasteiger partial charge in [0.25, 0.3) is 0 Å². The highest BCUT2D eigenvalue weighted by Crippen LogP contribution is 2.05. The third kappa shape index (κ3) is 3.63. The fraction of sp³-hybridized carbons (Fsp3) is 1.00. The molecule has 1 rings (SSSR count). The average molecular weight is 185 g/mol. The SMILES string of the molecule is CCCCN1CCN(C(C)[O])CC1. The number of hydrogen-bond acceptors (Lipinski definition) is 2. The molecule has 1 atom stereocenters. The van der Waals surface area contributed by atoms with Crippen LogP contribution in [-0.4, -0.2) is 48.8 Å². The van der Waals surface area contributed by atoms with Crippen LogP contribution in [0.1, 0.15) is 26.7 Å². The van der Waals surface area contributed by atoms with E-state index in [1.165, 1.54) is 19.4 Å². The van der Waals surface area contributed by atoms with E-state index in [1.807, 2.05) is 4.90 Å². The van der Waals surface area contributed by atoms with E-state index < -0.39 is 6.23 Å². The normalized spacial score (nSPS) is 23.3. The van der Waals surface area contributed by atoms with Gasteiger partial charge >= 0.3 is 0 Å². The Balaban J connectivity index is 2.15. The van der Waals surface area contributed by atoms with Crippen LogP contribution >= 0.6 is 0 Å². The van der Waals surface area contributed by atoms with Crippen molar-refractivity contribution in [1.82, 2.24) is 9.80 Å². The van der Waals surface area contributed by atoms with Crippen LogP contribution in [0.25, 0.3) is 0 Å². The van der Waals surface area contributed by atoms with Gasteiger partial charge in [0.2, 0.25) is 0 Å². The van der Waals surface area contributed by atoms with Gasteiger partial charge in [-0.05, 0) is 19.9 Å². The molecule has 0 spiro atoms. The van der Waals surface area contributed by atoms with E-state index in [9.17, 15) is 5.11 Å². The topological polar surface area (TPSA) is 26.4 Å². The average Bonchev–Trinajstić information content (AvgIpc) is 2.15. The van der Waals surface area contributed by atoms with Gasteiger partial charge in [-0.25, -0.2) is 5.11 Å². The lowest BCUT2D eigenvalue weighted by atomic mass is 10.2. The Labute approximate surface area is 81.3 Å². The van der Waals surface area contributed by atoms with Crippen LogP contribution in [0.5, 0.6) is 0 Å². The zero-order chi connectivity index (χ0) is 9.68. The molecule has 3 nitrogen and oxygen atoms in total. The first-order valence-corrected chi connectivity index (χ1v) is 5.36. The number of piperazine rings is 1. The first kappa shape index (κ1) is 11.0. The van der Waals surface area contributed by atoms with Crippen LogP contribution in [-0.2, 0) is 5.11 Å². The molecule has 1 unspecified atom stereocenters. The van der Waals surface area contributed by atoms with Crippen LogP contribution in [0.2, 0.25) is 0 Å². The van der Waals surface area contributed by atoms with Gasteiger partial charge in [0.1, 0.15) is 6.23 Å². The minimum absolute atomic E-state index is 0.520. The van der Waals surface area contributed by atoms with Crippen molar-refractivity contribution >= 4 is 0 Å². The second-order valence-corrected chi connectivity index (χ2v) is 3.83. The number of hydrogen-bond donors (Lipinski definition) is 0. The molecule has 1 heterocycles. The van der Waals surface area contributed by atoms with Gasteiger partial charge < -0.3 is 4.90 Å². The van der Waals surface area contributed by atoms with E-state index in [1.54, 1.807) is 6.92 Å². The Bertz CT molecular complexity index is 131. The smallest absolute Gasteiger partial charge is 0.143 e. The van der Waals surface area contributed by atoms with Crippen molar-refractivity contribution in [3.8, 4) is 0 Å². The van der Waals surface area contributed by atoms with Crippen molar-refractivity contribution in [3.05, 3.63) is 0 Å². The lowest BCUT2D eigenvalue weighted by molar-refractivity contribution is -0.0555. The quantitative estimate of drug-likeness (QED) is 0.657. The van der Waals surface area contributed by atoms with E-state index in [-0.39, 0.29) is 0 Å². The van der Waals surface area contributed by atoms with Gasteiger partial charge in [0.05, 0.1) is 0 Å². The first-order chi connectivity index (χ1) is 6.24. The molecule has 0 amide bonds. The molecule has 77 valence electrons. The standard InChI is InChI=1S/C10H21N2O/c1-3-4-5-11-6-8-12(9-7-11)10(2)13/h10H,3-9H2,1-2H3.